The van der Waals surface area contributed by atoms with E-state index in [4.69, 9.17) is 4.52 Å². The third kappa shape index (κ3) is 3.43. The highest BCUT2D eigenvalue weighted by Crippen LogP contribution is 2.39. The zero-order valence-corrected chi connectivity index (χ0v) is 13.8. The summed E-state index contributed by atoms with van der Waals surface area (Å²) in [6.45, 7) is 0.270. The number of nitrogens with zero attached hydrogens (tertiary/aromatic N) is 2. The molecule has 0 atom stereocenters. The molecule has 2 heterocycles. The van der Waals surface area contributed by atoms with Crippen LogP contribution in [-0.4, -0.2) is 16.0 Å². The minimum Gasteiger partial charge on any atom is -0.347 e. The summed E-state index contributed by atoms with van der Waals surface area (Å²) in [6.07, 6.45) is 2.20. The third-order valence-corrected chi connectivity index (χ3v) is 4.93. The highest BCUT2D eigenvalue weighted by Gasteiger charge is 2.29. The van der Waals surface area contributed by atoms with Gasteiger partial charge in [-0.05, 0) is 43.2 Å². The number of hydrogen-bond acceptors (Lipinski definition) is 5. The van der Waals surface area contributed by atoms with Crippen molar-refractivity contribution in [2.24, 2.45) is 0 Å². The molecule has 25 heavy (non-hydrogen) atoms. The summed E-state index contributed by atoms with van der Waals surface area (Å²) >= 11 is 1.43. The molecule has 1 amide bonds. The Morgan fingerprint density at radius 3 is 2.84 bits per heavy atom. The van der Waals surface area contributed by atoms with Gasteiger partial charge in [-0.15, -0.1) is 11.3 Å². The van der Waals surface area contributed by atoms with E-state index in [0.29, 0.717) is 11.8 Å². The van der Waals surface area contributed by atoms with E-state index in [1.807, 2.05) is 12.1 Å². The van der Waals surface area contributed by atoms with Gasteiger partial charge in [-0.2, -0.15) is 4.98 Å². The van der Waals surface area contributed by atoms with Gasteiger partial charge in [0.1, 0.15) is 0 Å². The molecule has 5 nitrogen and oxygen atoms in total. The molecule has 0 aliphatic heterocycles. The maximum absolute atomic E-state index is 13.2. The first-order valence-electron chi connectivity index (χ1n) is 7.76. The summed E-state index contributed by atoms with van der Waals surface area (Å²) in [4.78, 5) is 18.1. The Bertz CT molecular complexity index is 934. The molecule has 1 N–H and O–H groups in total. The molecule has 1 aliphatic rings. The standard InChI is InChI=1S/C17H13F2N3O2S/c18-12-5-3-10(7-13(12)19)16(23)20-8-11-4-6-14(25-11)17-21-15(22-24-17)9-1-2-9/h3-7,9H,1-2,8H2,(H,20,23). The number of carbonyl (C=O) groups excluding carboxylic acids is 1. The molecule has 0 spiro atoms. The largest absolute Gasteiger partial charge is 0.347 e. The molecule has 3 aromatic rings. The number of thiophene rings is 1. The Hall–Kier alpha value is -2.61. The Balaban J connectivity index is 1.40. The predicted octanol–water partition coefficient (Wildman–Crippen LogP) is 3.88. The highest BCUT2D eigenvalue weighted by molar-refractivity contribution is 7.15. The van der Waals surface area contributed by atoms with Gasteiger partial charge >= 0.3 is 0 Å². The van der Waals surface area contributed by atoms with Crippen LogP contribution in [-0.2, 0) is 6.54 Å². The molecule has 1 saturated carbocycles. The Morgan fingerprint density at radius 2 is 2.08 bits per heavy atom. The average molecular weight is 361 g/mol. The summed E-state index contributed by atoms with van der Waals surface area (Å²) in [6, 6.07) is 6.76. The molecule has 1 fully saturated rings. The van der Waals surface area contributed by atoms with E-state index in [2.05, 4.69) is 15.5 Å². The van der Waals surface area contributed by atoms with Crippen molar-refractivity contribution in [3.8, 4) is 10.8 Å². The lowest BCUT2D eigenvalue weighted by Gasteiger charge is -2.04. The minimum atomic E-state index is -1.05. The van der Waals surface area contributed by atoms with E-state index in [1.54, 1.807) is 0 Å². The first kappa shape index (κ1) is 15.9. The van der Waals surface area contributed by atoms with Crippen LogP contribution in [0.4, 0.5) is 8.78 Å². The van der Waals surface area contributed by atoms with Gasteiger partial charge in [0.2, 0.25) is 0 Å². The topological polar surface area (TPSA) is 68.0 Å². The van der Waals surface area contributed by atoms with Gasteiger partial charge in [0.05, 0.1) is 11.4 Å². The van der Waals surface area contributed by atoms with Crippen molar-refractivity contribution in [3.63, 3.8) is 0 Å². The van der Waals surface area contributed by atoms with Crippen molar-refractivity contribution in [1.29, 1.82) is 0 Å². The second kappa shape index (κ2) is 6.36. The Morgan fingerprint density at radius 1 is 1.24 bits per heavy atom. The number of nitrogens with one attached hydrogen (secondary N) is 1. The molecule has 0 saturated heterocycles. The zero-order chi connectivity index (χ0) is 17.4. The van der Waals surface area contributed by atoms with Crippen molar-refractivity contribution < 1.29 is 18.1 Å². The van der Waals surface area contributed by atoms with Crippen molar-refractivity contribution in [3.05, 3.63) is 58.2 Å². The minimum absolute atomic E-state index is 0.0710. The van der Waals surface area contributed by atoms with Gasteiger partial charge in [0, 0.05) is 16.4 Å². The van der Waals surface area contributed by atoms with E-state index >= 15 is 0 Å². The van der Waals surface area contributed by atoms with E-state index in [0.717, 1.165) is 40.6 Å². The smallest absolute Gasteiger partial charge is 0.268 e. The van der Waals surface area contributed by atoms with E-state index in [9.17, 15) is 13.6 Å². The lowest BCUT2D eigenvalue weighted by Crippen LogP contribution is -2.22. The highest BCUT2D eigenvalue weighted by atomic mass is 32.1. The molecule has 0 radical (unpaired) electrons. The quantitative estimate of drug-likeness (QED) is 0.749. The second-order valence-electron chi connectivity index (χ2n) is 5.81. The number of benzene rings is 1. The lowest BCUT2D eigenvalue weighted by atomic mass is 10.2. The fourth-order valence-corrected chi connectivity index (χ4v) is 3.21. The molecule has 8 heteroatoms. The number of amides is 1. The van der Waals surface area contributed by atoms with Crippen LogP contribution in [0.25, 0.3) is 10.8 Å². The molecule has 1 aromatic carbocycles. The van der Waals surface area contributed by atoms with Gasteiger partial charge in [-0.3, -0.25) is 4.79 Å². The van der Waals surface area contributed by atoms with Crippen LogP contribution >= 0.6 is 11.3 Å². The first-order valence-corrected chi connectivity index (χ1v) is 8.58. The number of carbonyl (C=O) groups is 1. The number of hydrogen-bond donors (Lipinski definition) is 1. The summed E-state index contributed by atoms with van der Waals surface area (Å²) < 4.78 is 31.4. The van der Waals surface area contributed by atoms with E-state index < -0.39 is 17.5 Å². The molecular formula is C17H13F2N3O2S. The lowest BCUT2D eigenvalue weighted by molar-refractivity contribution is 0.0950. The van der Waals surface area contributed by atoms with Crippen molar-refractivity contribution in [2.75, 3.05) is 0 Å². The van der Waals surface area contributed by atoms with Crippen molar-refractivity contribution in [1.82, 2.24) is 15.5 Å². The average Bonchev–Trinajstić information content (AvgIpc) is 3.15. The first-order chi connectivity index (χ1) is 12.1. The predicted molar refractivity (Wildman–Crippen MR) is 87.1 cm³/mol. The molecular weight excluding hydrogens is 348 g/mol. The van der Waals surface area contributed by atoms with Gasteiger partial charge in [-0.25, -0.2) is 8.78 Å². The zero-order valence-electron chi connectivity index (χ0n) is 13.0. The van der Waals surface area contributed by atoms with Crippen LogP contribution in [0.3, 0.4) is 0 Å². The van der Waals surface area contributed by atoms with Gasteiger partial charge in [0.15, 0.2) is 17.5 Å². The fraction of sp³-hybridized carbons (Fsp3) is 0.235. The number of halogens is 2. The molecule has 128 valence electrons. The van der Waals surface area contributed by atoms with Gasteiger partial charge < -0.3 is 9.84 Å². The van der Waals surface area contributed by atoms with Crippen LogP contribution in [0, 0.1) is 11.6 Å². The molecule has 1 aliphatic carbocycles. The van der Waals surface area contributed by atoms with Crippen molar-refractivity contribution in [2.45, 2.75) is 25.3 Å². The normalized spacial score (nSPS) is 13.8. The van der Waals surface area contributed by atoms with E-state index in [1.165, 1.54) is 17.4 Å². The van der Waals surface area contributed by atoms with E-state index in [-0.39, 0.29) is 12.1 Å². The summed E-state index contributed by atoms with van der Waals surface area (Å²) in [5.41, 5.74) is 0.0710. The maximum Gasteiger partial charge on any atom is 0.268 e. The van der Waals surface area contributed by atoms with Gasteiger partial charge in [-0.1, -0.05) is 5.16 Å². The van der Waals surface area contributed by atoms with Crippen LogP contribution in [0.15, 0.2) is 34.9 Å². The van der Waals surface area contributed by atoms with Gasteiger partial charge in [0.25, 0.3) is 11.8 Å². The monoisotopic (exact) mass is 361 g/mol. The van der Waals surface area contributed by atoms with Crippen LogP contribution in [0.1, 0.15) is 39.8 Å². The molecule has 0 bridgehead atoms. The summed E-state index contributed by atoms with van der Waals surface area (Å²) in [5.74, 6) is -0.852. The van der Waals surface area contributed by atoms with Crippen LogP contribution < -0.4 is 5.32 Å². The van der Waals surface area contributed by atoms with Crippen LogP contribution in [0.2, 0.25) is 0 Å². The summed E-state index contributed by atoms with van der Waals surface area (Å²) in [5, 5.41) is 6.65. The number of aromatic nitrogens is 2. The number of rotatable bonds is 5. The van der Waals surface area contributed by atoms with Crippen LogP contribution in [0.5, 0.6) is 0 Å². The maximum atomic E-state index is 13.2. The SMILES string of the molecule is O=C(NCc1ccc(-c2nc(C3CC3)no2)s1)c1ccc(F)c(F)c1. The third-order valence-electron chi connectivity index (χ3n) is 3.86. The molecule has 0 unspecified atom stereocenters. The van der Waals surface area contributed by atoms with Crippen molar-refractivity contribution >= 4 is 17.2 Å². The molecule has 2 aromatic heterocycles. The Kier molecular flexibility index (Phi) is 4.04. The second-order valence-corrected chi connectivity index (χ2v) is 6.98. The molecule has 4 rings (SSSR count). The Labute approximate surface area is 145 Å². The summed E-state index contributed by atoms with van der Waals surface area (Å²) in [7, 11) is 0. The fourth-order valence-electron chi connectivity index (χ4n) is 2.34.